The molecule has 0 aromatic carbocycles. The number of nitrogens with zero attached hydrogens (tertiary/aromatic N) is 6. The zero-order valence-corrected chi connectivity index (χ0v) is 14.7. The highest BCUT2D eigenvalue weighted by atomic mass is 16.5. The van der Waals surface area contributed by atoms with Gasteiger partial charge in [0, 0.05) is 50.0 Å². The number of carbonyl (C=O) groups is 1. The number of hydrogen-bond donors (Lipinski definition) is 1. The smallest absolute Gasteiger partial charge is 0.317 e. The molecule has 1 N–H and O–H groups in total. The van der Waals surface area contributed by atoms with Crippen LogP contribution in [0.15, 0.2) is 47.8 Å². The number of aromatic nitrogens is 5. The van der Waals surface area contributed by atoms with Crippen molar-refractivity contribution in [2.45, 2.75) is 32.5 Å². The normalized spacial score (nSPS) is 11.9. The van der Waals surface area contributed by atoms with E-state index < -0.39 is 0 Å². The van der Waals surface area contributed by atoms with Crippen LogP contribution in [0, 0.1) is 0 Å². The Hall–Kier alpha value is -3.23. The van der Waals surface area contributed by atoms with E-state index in [0.29, 0.717) is 18.3 Å². The van der Waals surface area contributed by atoms with Crippen molar-refractivity contribution in [2.24, 2.45) is 0 Å². The zero-order valence-electron chi connectivity index (χ0n) is 14.7. The first-order chi connectivity index (χ1) is 12.7. The molecule has 0 bridgehead atoms. The number of amides is 2. The van der Waals surface area contributed by atoms with Crippen molar-refractivity contribution in [3.63, 3.8) is 0 Å². The summed E-state index contributed by atoms with van der Waals surface area (Å²) in [5, 5.41) is 6.95. The van der Waals surface area contributed by atoms with Crippen molar-refractivity contribution in [1.82, 2.24) is 34.9 Å². The van der Waals surface area contributed by atoms with E-state index in [-0.39, 0.29) is 18.6 Å². The lowest BCUT2D eigenvalue weighted by molar-refractivity contribution is 0.193. The molecule has 0 aliphatic heterocycles. The standard InChI is InChI=1S/C17H21N7O2/c1-3-14(10-24-9-8-19-12-24)20-17(25)23(2)11-15-21-16(22-26-15)13-4-6-18-7-5-13/h4-9,12,14H,3,10-11H2,1-2H3,(H,20,25). The van der Waals surface area contributed by atoms with Gasteiger partial charge in [0.1, 0.15) is 6.54 Å². The monoisotopic (exact) mass is 355 g/mol. The fraction of sp³-hybridized carbons (Fsp3) is 0.353. The first-order valence-electron chi connectivity index (χ1n) is 8.36. The highest BCUT2D eigenvalue weighted by Crippen LogP contribution is 2.14. The minimum Gasteiger partial charge on any atom is -0.337 e. The maximum atomic E-state index is 12.4. The number of imidazole rings is 1. The molecule has 0 aliphatic carbocycles. The molecule has 3 rings (SSSR count). The number of hydrogen-bond acceptors (Lipinski definition) is 6. The minimum absolute atomic E-state index is 0.00853. The van der Waals surface area contributed by atoms with Crippen LogP contribution >= 0.6 is 0 Å². The van der Waals surface area contributed by atoms with E-state index in [0.717, 1.165) is 12.0 Å². The van der Waals surface area contributed by atoms with Gasteiger partial charge in [-0.05, 0) is 18.6 Å². The van der Waals surface area contributed by atoms with Crippen molar-refractivity contribution in [1.29, 1.82) is 0 Å². The Morgan fingerprint density at radius 3 is 2.81 bits per heavy atom. The van der Waals surface area contributed by atoms with E-state index in [1.54, 1.807) is 44.1 Å². The summed E-state index contributed by atoms with van der Waals surface area (Å²) in [6.07, 6.45) is 9.46. The van der Waals surface area contributed by atoms with Crippen molar-refractivity contribution in [3.8, 4) is 11.4 Å². The van der Waals surface area contributed by atoms with E-state index >= 15 is 0 Å². The van der Waals surface area contributed by atoms with E-state index in [9.17, 15) is 4.79 Å². The van der Waals surface area contributed by atoms with Crippen LogP contribution in [0.1, 0.15) is 19.2 Å². The molecule has 0 aliphatic rings. The average molecular weight is 355 g/mol. The number of urea groups is 1. The average Bonchev–Trinajstić information content (AvgIpc) is 3.33. The van der Waals surface area contributed by atoms with Gasteiger partial charge in [-0.25, -0.2) is 9.78 Å². The third-order valence-corrected chi connectivity index (χ3v) is 3.94. The molecule has 3 aromatic heterocycles. The lowest BCUT2D eigenvalue weighted by atomic mass is 10.2. The third-order valence-electron chi connectivity index (χ3n) is 3.94. The molecule has 136 valence electrons. The second-order valence-corrected chi connectivity index (χ2v) is 5.92. The van der Waals surface area contributed by atoms with Crippen LogP contribution in [0.25, 0.3) is 11.4 Å². The first kappa shape index (κ1) is 17.6. The Bertz CT molecular complexity index is 817. The van der Waals surface area contributed by atoms with Crippen LogP contribution in [0.3, 0.4) is 0 Å². The number of pyridine rings is 1. The second-order valence-electron chi connectivity index (χ2n) is 5.92. The summed E-state index contributed by atoms with van der Waals surface area (Å²) in [5.74, 6) is 0.847. The van der Waals surface area contributed by atoms with Crippen LogP contribution < -0.4 is 5.32 Å². The summed E-state index contributed by atoms with van der Waals surface area (Å²) in [7, 11) is 1.69. The van der Waals surface area contributed by atoms with Gasteiger partial charge in [-0.3, -0.25) is 4.98 Å². The van der Waals surface area contributed by atoms with Gasteiger partial charge in [-0.2, -0.15) is 4.98 Å². The SMILES string of the molecule is CCC(Cn1ccnc1)NC(=O)N(C)Cc1nc(-c2ccncc2)no1. The maximum Gasteiger partial charge on any atom is 0.317 e. The van der Waals surface area contributed by atoms with E-state index in [1.807, 2.05) is 17.7 Å². The first-order valence-corrected chi connectivity index (χ1v) is 8.36. The molecule has 9 heteroatoms. The highest BCUT2D eigenvalue weighted by molar-refractivity contribution is 5.74. The molecule has 0 spiro atoms. The molecule has 3 heterocycles. The predicted molar refractivity (Wildman–Crippen MR) is 93.8 cm³/mol. The Morgan fingerprint density at radius 2 is 2.12 bits per heavy atom. The number of carbonyl (C=O) groups excluding carboxylic acids is 1. The van der Waals surface area contributed by atoms with E-state index in [2.05, 4.69) is 25.4 Å². The summed E-state index contributed by atoms with van der Waals surface area (Å²) in [6, 6.07) is 3.41. The molecule has 1 unspecified atom stereocenters. The Balaban J connectivity index is 1.56. The van der Waals surface area contributed by atoms with Gasteiger partial charge in [-0.15, -0.1) is 0 Å². The van der Waals surface area contributed by atoms with Crippen LogP contribution in [0.4, 0.5) is 4.79 Å². The molecular formula is C17H21N7O2. The molecule has 2 amide bonds. The molecule has 0 fully saturated rings. The van der Waals surface area contributed by atoms with Crippen molar-refractivity contribution < 1.29 is 9.32 Å². The van der Waals surface area contributed by atoms with Gasteiger partial charge in [0.05, 0.1) is 6.33 Å². The Labute approximate surface area is 151 Å². The fourth-order valence-corrected chi connectivity index (χ4v) is 2.42. The van der Waals surface area contributed by atoms with Crippen molar-refractivity contribution in [2.75, 3.05) is 7.05 Å². The van der Waals surface area contributed by atoms with Crippen LogP contribution in [0.5, 0.6) is 0 Å². The summed E-state index contributed by atoms with van der Waals surface area (Å²) in [6.45, 7) is 2.93. The second kappa shape index (κ2) is 8.24. The minimum atomic E-state index is -0.194. The quantitative estimate of drug-likeness (QED) is 0.695. The van der Waals surface area contributed by atoms with E-state index in [4.69, 9.17) is 4.52 Å². The summed E-state index contributed by atoms with van der Waals surface area (Å²) >= 11 is 0. The molecule has 26 heavy (non-hydrogen) atoms. The molecule has 0 radical (unpaired) electrons. The lowest BCUT2D eigenvalue weighted by Gasteiger charge is -2.22. The maximum absolute atomic E-state index is 12.4. The van der Waals surface area contributed by atoms with Gasteiger partial charge >= 0.3 is 6.03 Å². The third kappa shape index (κ3) is 4.44. The van der Waals surface area contributed by atoms with Crippen LogP contribution in [0.2, 0.25) is 0 Å². The topological polar surface area (TPSA) is 102 Å². The van der Waals surface area contributed by atoms with Gasteiger partial charge in [0.25, 0.3) is 0 Å². The van der Waals surface area contributed by atoms with Crippen molar-refractivity contribution >= 4 is 6.03 Å². The number of nitrogens with one attached hydrogen (secondary N) is 1. The lowest BCUT2D eigenvalue weighted by Crippen LogP contribution is -2.44. The van der Waals surface area contributed by atoms with Crippen LogP contribution in [-0.4, -0.2) is 48.7 Å². The predicted octanol–water partition coefficient (Wildman–Crippen LogP) is 1.95. The van der Waals surface area contributed by atoms with Gasteiger partial charge < -0.3 is 19.3 Å². The Kier molecular flexibility index (Phi) is 5.57. The van der Waals surface area contributed by atoms with Gasteiger partial charge in [0.2, 0.25) is 11.7 Å². The highest BCUT2D eigenvalue weighted by Gasteiger charge is 2.17. The zero-order chi connectivity index (χ0) is 18.4. The Morgan fingerprint density at radius 1 is 1.31 bits per heavy atom. The number of rotatable bonds is 7. The molecule has 0 saturated heterocycles. The van der Waals surface area contributed by atoms with Crippen molar-refractivity contribution in [3.05, 3.63) is 49.1 Å². The summed E-state index contributed by atoms with van der Waals surface area (Å²) < 4.78 is 7.18. The summed E-state index contributed by atoms with van der Waals surface area (Å²) in [4.78, 5) is 26.2. The molecule has 3 aromatic rings. The molecule has 0 saturated carbocycles. The van der Waals surface area contributed by atoms with E-state index in [1.165, 1.54) is 4.90 Å². The van der Waals surface area contributed by atoms with Gasteiger partial charge in [-0.1, -0.05) is 12.1 Å². The van der Waals surface area contributed by atoms with Crippen LogP contribution in [-0.2, 0) is 13.1 Å². The molecule has 9 nitrogen and oxygen atoms in total. The largest absolute Gasteiger partial charge is 0.337 e. The molecular weight excluding hydrogens is 334 g/mol. The van der Waals surface area contributed by atoms with Gasteiger partial charge in [0.15, 0.2) is 0 Å². The molecule has 1 atom stereocenters. The fourth-order valence-electron chi connectivity index (χ4n) is 2.42. The summed E-state index contributed by atoms with van der Waals surface area (Å²) in [5.41, 5.74) is 0.813.